The van der Waals surface area contributed by atoms with Crippen molar-refractivity contribution in [3.63, 3.8) is 0 Å². The molecule has 1 aliphatic carbocycles. The van der Waals surface area contributed by atoms with Crippen LogP contribution in [0.4, 0.5) is 0 Å². The van der Waals surface area contributed by atoms with Crippen molar-refractivity contribution in [2.24, 2.45) is 13.0 Å². The normalized spacial score (nSPS) is 24.0. The van der Waals surface area contributed by atoms with Gasteiger partial charge >= 0.3 is 0 Å². The van der Waals surface area contributed by atoms with Crippen LogP contribution in [0.15, 0.2) is 16.7 Å². The highest BCUT2D eigenvalue weighted by molar-refractivity contribution is 9.10. The average Bonchev–Trinajstić information content (AvgIpc) is 2.67. The fraction of sp³-hybridized carbons (Fsp3) is 0.643. The molecule has 2 unspecified atom stereocenters. The van der Waals surface area contributed by atoms with Crippen LogP contribution >= 0.6 is 15.9 Å². The van der Waals surface area contributed by atoms with Crippen molar-refractivity contribution in [2.75, 3.05) is 7.05 Å². The monoisotopic (exact) mass is 312 g/mol. The Hall–Kier alpha value is -0.770. The summed E-state index contributed by atoms with van der Waals surface area (Å²) in [6, 6.07) is 2.28. The summed E-state index contributed by atoms with van der Waals surface area (Å²) in [5.74, 6) is 0.735. The largest absolute Gasteiger partial charge is 0.345 e. The summed E-state index contributed by atoms with van der Waals surface area (Å²) >= 11 is 3.42. The maximum absolute atomic E-state index is 12.5. The van der Waals surface area contributed by atoms with Gasteiger partial charge in [-0.15, -0.1) is 0 Å². The van der Waals surface area contributed by atoms with Gasteiger partial charge in [-0.1, -0.05) is 19.8 Å². The number of nitrogens with zero attached hydrogens (tertiary/aromatic N) is 2. The third kappa shape index (κ3) is 2.63. The Labute approximate surface area is 117 Å². The van der Waals surface area contributed by atoms with Crippen molar-refractivity contribution in [1.29, 1.82) is 0 Å². The lowest BCUT2D eigenvalue weighted by Gasteiger charge is -2.36. The minimum atomic E-state index is 0.127. The number of carbonyl (C=O) groups is 1. The van der Waals surface area contributed by atoms with Crippen LogP contribution in [0.3, 0.4) is 0 Å². The summed E-state index contributed by atoms with van der Waals surface area (Å²) in [5, 5.41) is 0. The maximum Gasteiger partial charge on any atom is 0.270 e. The van der Waals surface area contributed by atoms with Crippen molar-refractivity contribution in [3.8, 4) is 0 Å². The van der Waals surface area contributed by atoms with Crippen LogP contribution < -0.4 is 0 Å². The highest BCUT2D eigenvalue weighted by atomic mass is 79.9. The molecule has 0 aromatic carbocycles. The first-order valence-corrected chi connectivity index (χ1v) is 7.39. The van der Waals surface area contributed by atoms with E-state index in [1.54, 1.807) is 0 Å². The van der Waals surface area contributed by atoms with Crippen LogP contribution in [-0.4, -0.2) is 28.5 Å². The number of carbonyl (C=O) groups excluding carboxylic acids is 1. The lowest BCUT2D eigenvalue weighted by Crippen LogP contribution is -2.43. The molecule has 100 valence electrons. The van der Waals surface area contributed by atoms with E-state index in [4.69, 9.17) is 0 Å². The molecule has 3 nitrogen and oxygen atoms in total. The van der Waals surface area contributed by atoms with Crippen molar-refractivity contribution in [1.82, 2.24) is 9.47 Å². The molecule has 4 heteroatoms. The first-order chi connectivity index (χ1) is 8.50. The van der Waals surface area contributed by atoms with E-state index in [-0.39, 0.29) is 5.91 Å². The predicted octanol–water partition coefficient (Wildman–Crippen LogP) is 3.44. The second-order valence-electron chi connectivity index (χ2n) is 5.40. The maximum atomic E-state index is 12.5. The van der Waals surface area contributed by atoms with E-state index in [1.165, 1.54) is 19.3 Å². The van der Waals surface area contributed by atoms with E-state index in [2.05, 4.69) is 22.9 Å². The molecule has 2 rings (SSSR count). The number of hydrogen-bond donors (Lipinski definition) is 0. The highest BCUT2D eigenvalue weighted by Crippen LogP contribution is 2.28. The molecular formula is C14H21BrN2O. The Morgan fingerprint density at radius 3 is 2.67 bits per heavy atom. The zero-order valence-electron chi connectivity index (χ0n) is 11.3. The Balaban J connectivity index is 2.15. The van der Waals surface area contributed by atoms with Crippen LogP contribution in [-0.2, 0) is 7.05 Å². The average molecular weight is 313 g/mol. The van der Waals surface area contributed by atoms with Crippen molar-refractivity contribution in [2.45, 2.75) is 38.6 Å². The molecule has 1 aliphatic rings. The summed E-state index contributed by atoms with van der Waals surface area (Å²) in [6.45, 7) is 2.26. The zero-order valence-corrected chi connectivity index (χ0v) is 12.9. The molecule has 1 aromatic rings. The summed E-state index contributed by atoms with van der Waals surface area (Å²) < 4.78 is 2.84. The SMILES string of the molecule is CC1CCCCC1N(C)C(=O)c1cc(Br)cn1C. The Morgan fingerprint density at radius 2 is 2.11 bits per heavy atom. The first kappa shape index (κ1) is 13.7. The van der Waals surface area contributed by atoms with Gasteiger partial charge in [0.1, 0.15) is 5.69 Å². The Morgan fingerprint density at radius 1 is 1.44 bits per heavy atom. The third-order valence-corrected chi connectivity index (χ3v) is 4.51. The van der Waals surface area contributed by atoms with Crippen LogP contribution in [0.1, 0.15) is 43.1 Å². The lowest BCUT2D eigenvalue weighted by atomic mass is 9.85. The number of aromatic nitrogens is 1. The molecule has 1 fully saturated rings. The molecule has 0 aliphatic heterocycles. The smallest absolute Gasteiger partial charge is 0.270 e. The quantitative estimate of drug-likeness (QED) is 0.821. The Bertz CT molecular complexity index is 441. The van der Waals surface area contributed by atoms with Gasteiger partial charge in [-0.3, -0.25) is 4.79 Å². The molecule has 1 aromatic heterocycles. The van der Waals surface area contributed by atoms with Gasteiger partial charge in [-0.25, -0.2) is 0 Å². The molecule has 0 spiro atoms. The van der Waals surface area contributed by atoms with Gasteiger partial charge in [0.15, 0.2) is 0 Å². The van der Waals surface area contributed by atoms with E-state index >= 15 is 0 Å². The van der Waals surface area contributed by atoms with Gasteiger partial charge in [0.2, 0.25) is 0 Å². The summed E-state index contributed by atoms with van der Waals surface area (Å²) in [6.07, 6.45) is 6.83. The number of rotatable bonds is 2. The molecule has 0 N–H and O–H groups in total. The van der Waals surface area contributed by atoms with Crippen LogP contribution in [0, 0.1) is 5.92 Å². The first-order valence-electron chi connectivity index (χ1n) is 6.59. The standard InChI is InChI=1S/C14H21BrN2O/c1-10-6-4-5-7-12(10)17(3)14(18)13-8-11(15)9-16(13)2/h8-10,12H,4-7H2,1-3H3. The van der Waals surface area contributed by atoms with E-state index in [9.17, 15) is 4.79 Å². The van der Waals surface area contributed by atoms with E-state index in [1.807, 2.05) is 35.8 Å². The predicted molar refractivity (Wildman–Crippen MR) is 76.6 cm³/mol. The van der Waals surface area contributed by atoms with Gasteiger partial charge in [0.25, 0.3) is 5.91 Å². The summed E-state index contributed by atoms with van der Waals surface area (Å²) in [5.41, 5.74) is 0.752. The number of amides is 1. The molecule has 18 heavy (non-hydrogen) atoms. The molecule has 1 amide bonds. The van der Waals surface area contributed by atoms with Gasteiger partial charge in [-0.05, 0) is 40.8 Å². The zero-order chi connectivity index (χ0) is 13.3. The number of hydrogen-bond acceptors (Lipinski definition) is 1. The Kier molecular flexibility index (Phi) is 4.15. The van der Waals surface area contributed by atoms with E-state index in [0.29, 0.717) is 12.0 Å². The minimum absolute atomic E-state index is 0.127. The second kappa shape index (κ2) is 5.47. The van der Waals surface area contributed by atoms with Crippen LogP contribution in [0.2, 0.25) is 0 Å². The molecular weight excluding hydrogens is 292 g/mol. The fourth-order valence-corrected chi connectivity index (χ4v) is 3.46. The topological polar surface area (TPSA) is 25.2 Å². The summed E-state index contributed by atoms with van der Waals surface area (Å²) in [4.78, 5) is 14.4. The van der Waals surface area contributed by atoms with Gasteiger partial charge in [0, 0.05) is 30.8 Å². The summed E-state index contributed by atoms with van der Waals surface area (Å²) in [7, 11) is 3.85. The minimum Gasteiger partial charge on any atom is -0.345 e. The molecule has 0 bridgehead atoms. The van der Waals surface area contributed by atoms with Crippen molar-refractivity contribution in [3.05, 3.63) is 22.4 Å². The van der Waals surface area contributed by atoms with E-state index < -0.39 is 0 Å². The second-order valence-corrected chi connectivity index (χ2v) is 6.32. The third-order valence-electron chi connectivity index (χ3n) is 4.07. The van der Waals surface area contributed by atoms with Crippen LogP contribution in [0.25, 0.3) is 0 Å². The van der Waals surface area contributed by atoms with Crippen molar-refractivity contribution < 1.29 is 4.79 Å². The van der Waals surface area contributed by atoms with Crippen LogP contribution in [0.5, 0.6) is 0 Å². The highest BCUT2D eigenvalue weighted by Gasteiger charge is 2.29. The lowest BCUT2D eigenvalue weighted by molar-refractivity contribution is 0.0619. The van der Waals surface area contributed by atoms with Gasteiger partial charge < -0.3 is 9.47 Å². The number of halogens is 1. The molecule has 0 radical (unpaired) electrons. The molecule has 1 saturated carbocycles. The van der Waals surface area contributed by atoms with Crippen molar-refractivity contribution >= 4 is 21.8 Å². The molecule has 2 atom stereocenters. The fourth-order valence-electron chi connectivity index (χ4n) is 2.94. The number of aryl methyl sites for hydroxylation is 1. The molecule has 1 heterocycles. The van der Waals surface area contributed by atoms with Gasteiger partial charge in [0.05, 0.1) is 0 Å². The van der Waals surface area contributed by atoms with E-state index in [0.717, 1.165) is 16.6 Å². The van der Waals surface area contributed by atoms with Gasteiger partial charge in [-0.2, -0.15) is 0 Å². The molecule has 0 saturated heterocycles.